The molecule has 0 radical (unpaired) electrons. The summed E-state index contributed by atoms with van der Waals surface area (Å²) < 4.78 is 15.2. The lowest BCUT2D eigenvalue weighted by Crippen LogP contribution is -2.60. The van der Waals surface area contributed by atoms with Gasteiger partial charge in [-0.2, -0.15) is 5.10 Å². The van der Waals surface area contributed by atoms with E-state index in [-0.39, 0.29) is 17.6 Å². The van der Waals surface area contributed by atoms with Crippen LogP contribution >= 0.6 is 0 Å². The number of hydrogen-bond donors (Lipinski definition) is 0. The Kier molecular flexibility index (Phi) is 4.62. The predicted octanol–water partition coefficient (Wildman–Crippen LogP) is 2.29. The SMILES string of the molecule is O=C(CCCn1cncn1)N1C[C@H](c2ccc(F)cc2)[C@H]2[C@@H]1C1CCN2CC1. The van der Waals surface area contributed by atoms with Crippen LogP contribution in [0.25, 0.3) is 0 Å². The molecule has 5 heterocycles. The molecule has 0 aliphatic carbocycles. The van der Waals surface area contributed by atoms with Gasteiger partial charge in [0.05, 0.1) is 6.04 Å². The first-order valence-corrected chi connectivity index (χ1v) is 10.3. The van der Waals surface area contributed by atoms with E-state index in [4.69, 9.17) is 0 Å². The summed E-state index contributed by atoms with van der Waals surface area (Å²) in [5.74, 6) is 0.908. The Labute approximate surface area is 164 Å². The summed E-state index contributed by atoms with van der Waals surface area (Å²) in [6.07, 6.45) is 6.87. The van der Waals surface area contributed by atoms with Crippen LogP contribution in [0.15, 0.2) is 36.9 Å². The molecule has 3 atom stereocenters. The first-order valence-electron chi connectivity index (χ1n) is 10.3. The van der Waals surface area contributed by atoms with E-state index in [9.17, 15) is 9.18 Å². The van der Waals surface area contributed by atoms with Gasteiger partial charge in [-0.15, -0.1) is 0 Å². The lowest BCUT2D eigenvalue weighted by atomic mass is 9.75. The molecule has 4 aliphatic heterocycles. The Morgan fingerprint density at radius 3 is 2.64 bits per heavy atom. The predicted molar refractivity (Wildman–Crippen MR) is 102 cm³/mol. The number of benzene rings is 1. The molecule has 0 N–H and O–H groups in total. The van der Waals surface area contributed by atoms with Crippen LogP contribution in [0.3, 0.4) is 0 Å². The molecule has 2 bridgehead atoms. The molecule has 6 nitrogen and oxygen atoms in total. The summed E-state index contributed by atoms with van der Waals surface area (Å²) in [4.78, 5) is 21.8. The van der Waals surface area contributed by atoms with E-state index >= 15 is 0 Å². The Morgan fingerprint density at radius 2 is 1.93 bits per heavy atom. The molecule has 28 heavy (non-hydrogen) atoms. The Morgan fingerprint density at radius 1 is 1.14 bits per heavy atom. The molecule has 1 aromatic carbocycles. The molecule has 7 heteroatoms. The largest absolute Gasteiger partial charge is 0.337 e. The lowest BCUT2D eigenvalue weighted by molar-refractivity contribution is -0.136. The maximum absolute atomic E-state index is 13.4. The molecule has 1 aromatic heterocycles. The zero-order chi connectivity index (χ0) is 19.1. The molecule has 148 valence electrons. The summed E-state index contributed by atoms with van der Waals surface area (Å²) in [7, 11) is 0. The number of fused-ring (bicyclic) bond motifs is 2. The molecule has 0 unspecified atom stereocenters. The van der Waals surface area contributed by atoms with Crippen LogP contribution in [0.5, 0.6) is 0 Å². The first-order chi connectivity index (χ1) is 13.7. The number of likely N-dealkylation sites (tertiary alicyclic amines) is 1. The second kappa shape index (κ2) is 7.28. The Balaban J connectivity index is 1.34. The third-order valence-electron chi connectivity index (χ3n) is 6.86. The average Bonchev–Trinajstić information content (AvgIpc) is 3.38. The smallest absolute Gasteiger partial charge is 0.222 e. The number of carbonyl (C=O) groups is 1. The van der Waals surface area contributed by atoms with Crippen LogP contribution in [0.1, 0.15) is 37.2 Å². The summed E-state index contributed by atoms with van der Waals surface area (Å²) in [6, 6.07) is 7.57. The third-order valence-corrected chi connectivity index (χ3v) is 6.86. The molecular formula is C21H26FN5O. The van der Waals surface area contributed by atoms with Gasteiger partial charge < -0.3 is 4.90 Å². The van der Waals surface area contributed by atoms with Crippen molar-refractivity contribution in [3.8, 4) is 0 Å². The van der Waals surface area contributed by atoms with Crippen molar-refractivity contribution >= 4 is 5.91 Å². The average molecular weight is 383 g/mol. The minimum atomic E-state index is -0.204. The topological polar surface area (TPSA) is 54.3 Å². The van der Waals surface area contributed by atoms with Gasteiger partial charge in [-0.05, 0) is 56.0 Å². The molecule has 4 saturated heterocycles. The molecule has 1 amide bonds. The minimum absolute atomic E-state index is 0.204. The maximum Gasteiger partial charge on any atom is 0.222 e. The highest BCUT2D eigenvalue weighted by molar-refractivity contribution is 5.77. The molecular weight excluding hydrogens is 357 g/mol. The van der Waals surface area contributed by atoms with Crippen LogP contribution in [-0.4, -0.2) is 62.2 Å². The van der Waals surface area contributed by atoms with E-state index < -0.39 is 0 Å². The van der Waals surface area contributed by atoms with Gasteiger partial charge in [0.2, 0.25) is 5.91 Å². The standard InChI is InChI=1S/C21H26FN5O/c22-17-5-3-15(4-6-17)18-12-27(19(28)2-1-9-26-14-23-13-24-26)20-16-7-10-25(11-8-16)21(18)20/h3-6,13-14,16,18,20-21H,1-2,7-12H2/t18-,20+,21+/m1/s1. The van der Waals surface area contributed by atoms with E-state index in [1.54, 1.807) is 23.1 Å². The van der Waals surface area contributed by atoms with Crippen molar-refractivity contribution in [1.82, 2.24) is 24.6 Å². The van der Waals surface area contributed by atoms with Crippen molar-refractivity contribution in [2.75, 3.05) is 19.6 Å². The fourth-order valence-corrected chi connectivity index (χ4v) is 5.59. The number of hydrogen-bond acceptors (Lipinski definition) is 4. The first kappa shape index (κ1) is 17.8. The van der Waals surface area contributed by atoms with Crippen molar-refractivity contribution in [3.63, 3.8) is 0 Å². The number of aromatic nitrogens is 3. The van der Waals surface area contributed by atoms with Crippen LogP contribution < -0.4 is 0 Å². The highest BCUT2D eigenvalue weighted by Gasteiger charge is 2.54. The fourth-order valence-electron chi connectivity index (χ4n) is 5.59. The molecule has 4 aliphatic rings. The number of amides is 1. The normalized spacial score (nSPS) is 31.2. The number of aryl methyl sites for hydroxylation is 1. The molecule has 0 saturated carbocycles. The van der Waals surface area contributed by atoms with Crippen molar-refractivity contribution in [2.24, 2.45) is 5.92 Å². The summed E-state index contributed by atoms with van der Waals surface area (Å²) in [5.41, 5.74) is 1.15. The number of halogens is 1. The zero-order valence-electron chi connectivity index (χ0n) is 16.0. The van der Waals surface area contributed by atoms with Gasteiger partial charge in [0, 0.05) is 31.5 Å². The maximum atomic E-state index is 13.4. The molecule has 4 fully saturated rings. The van der Waals surface area contributed by atoms with Gasteiger partial charge in [0.15, 0.2) is 0 Å². The minimum Gasteiger partial charge on any atom is -0.337 e. The van der Waals surface area contributed by atoms with Gasteiger partial charge in [-0.1, -0.05) is 12.1 Å². The van der Waals surface area contributed by atoms with Crippen LogP contribution in [0.2, 0.25) is 0 Å². The van der Waals surface area contributed by atoms with Crippen molar-refractivity contribution in [3.05, 3.63) is 48.3 Å². The number of piperidine rings is 3. The number of rotatable bonds is 5. The highest BCUT2D eigenvalue weighted by atomic mass is 19.1. The highest BCUT2D eigenvalue weighted by Crippen LogP contribution is 2.46. The summed E-state index contributed by atoms with van der Waals surface area (Å²) in [5, 5.41) is 4.11. The molecule has 2 aromatic rings. The van der Waals surface area contributed by atoms with E-state index in [2.05, 4.69) is 19.9 Å². The van der Waals surface area contributed by atoms with E-state index in [0.717, 1.165) is 31.6 Å². The van der Waals surface area contributed by atoms with Crippen molar-refractivity contribution < 1.29 is 9.18 Å². The fraction of sp³-hybridized carbons (Fsp3) is 0.571. The van der Waals surface area contributed by atoms with E-state index in [1.807, 2.05) is 12.1 Å². The van der Waals surface area contributed by atoms with Gasteiger partial charge in [-0.25, -0.2) is 9.37 Å². The monoisotopic (exact) mass is 383 g/mol. The number of nitrogens with zero attached hydrogens (tertiary/aromatic N) is 5. The second-order valence-corrected chi connectivity index (χ2v) is 8.32. The van der Waals surface area contributed by atoms with E-state index in [1.165, 1.54) is 19.2 Å². The zero-order valence-corrected chi connectivity index (χ0v) is 16.0. The second-order valence-electron chi connectivity index (χ2n) is 8.32. The summed E-state index contributed by atoms with van der Waals surface area (Å²) >= 11 is 0. The van der Waals surface area contributed by atoms with Crippen LogP contribution in [0, 0.1) is 11.7 Å². The Hall–Kier alpha value is -2.28. The Bertz CT molecular complexity index is 816. The molecule has 6 rings (SSSR count). The van der Waals surface area contributed by atoms with Gasteiger partial charge in [-0.3, -0.25) is 14.4 Å². The third kappa shape index (κ3) is 3.11. The van der Waals surface area contributed by atoms with Gasteiger partial charge in [0.25, 0.3) is 0 Å². The van der Waals surface area contributed by atoms with Crippen molar-refractivity contribution in [1.29, 1.82) is 0 Å². The van der Waals surface area contributed by atoms with E-state index in [0.29, 0.717) is 31.0 Å². The number of carbonyl (C=O) groups excluding carboxylic acids is 1. The molecule has 0 spiro atoms. The summed E-state index contributed by atoms with van der Waals surface area (Å²) in [6.45, 7) is 3.70. The van der Waals surface area contributed by atoms with Crippen molar-refractivity contribution in [2.45, 2.75) is 50.2 Å². The quantitative estimate of drug-likeness (QED) is 0.795. The van der Waals surface area contributed by atoms with Crippen LogP contribution in [0.4, 0.5) is 4.39 Å². The van der Waals surface area contributed by atoms with Gasteiger partial charge in [0.1, 0.15) is 18.5 Å². The lowest BCUT2D eigenvalue weighted by Gasteiger charge is -2.51. The van der Waals surface area contributed by atoms with Crippen LogP contribution in [-0.2, 0) is 11.3 Å². The van der Waals surface area contributed by atoms with Gasteiger partial charge >= 0.3 is 0 Å².